The number of hydrogen-bond acceptors (Lipinski definition) is 7. The second-order valence-corrected chi connectivity index (χ2v) is 10.4. The molecule has 9 nitrogen and oxygen atoms in total. The molecule has 0 radical (unpaired) electrons. The van der Waals surface area contributed by atoms with Gasteiger partial charge < -0.3 is 14.4 Å². The van der Waals surface area contributed by atoms with Gasteiger partial charge in [-0.3, -0.25) is 0 Å². The number of thiophene rings is 1. The van der Waals surface area contributed by atoms with E-state index in [4.69, 9.17) is 16.3 Å². The number of aromatic nitrogens is 6. The molecule has 39 heavy (non-hydrogen) atoms. The van der Waals surface area contributed by atoms with Gasteiger partial charge in [-0.15, -0.1) is 16.4 Å². The van der Waals surface area contributed by atoms with E-state index >= 15 is 0 Å². The van der Waals surface area contributed by atoms with Gasteiger partial charge in [0.05, 0.1) is 24.5 Å². The molecule has 200 valence electrons. The number of rotatable bonds is 12. The summed E-state index contributed by atoms with van der Waals surface area (Å²) in [5.41, 5.74) is 5.01. The van der Waals surface area contributed by atoms with E-state index in [-0.39, 0.29) is 18.8 Å². The van der Waals surface area contributed by atoms with Crippen LogP contribution in [0.3, 0.4) is 0 Å². The van der Waals surface area contributed by atoms with Gasteiger partial charge in [-0.1, -0.05) is 67.4 Å². The molecule has 0 saturated carbocycles. The van der Waals surface area contributed by atoms with Gasteiger partial charge in [0.2, 0.25) is 0 Å². The van der Waals surface area contributed by atoms with Crippen molar-refractivity contribution in [1.82, 2.24) is 30.2 Å². The van der Waals surface area contributed by atoms with Crippen molar-refractivity contribution in [3.63, 3.8) is 0 Å². The third-order valence-corrected chi connectivity index (χ3v) is 7.61. The van der Waals surface area contributed by atoms with Crippen LogP contribution in [0.4, 0.5) is 0 Å². The van der Waals surface area contributed by atoms with Crippen LogP contribution in [-0.2, 0) is 30.9 Å². The van der Waals surface area contributed by atoms with Crippen LogP contribution in [0.5, 0.6) is 0 Å². The Labute approximate surface area is 234 Å². The molecule has 0 aliphatic carbocycles. The number of ether oxygens (including phenoxy) is 1. The smallest absolute Gasteiger partial charge is 0.336 e. The van der Waals surface area contributed by atoms with Crippen molar-refractivity contribution < 1.29 is 14.6 Å². The van der Waals surface area contributed by atoms with Gasteiger partial charge in [0.15, 0.2) is 11.0 Å². The number of benzene rings is 2. The monoisotopic (exact) mass is 562 g/mol. The Morgan fingerprint density at radius 3 is 2.72 bits per heavy atom. The van der Waals surface area contributed by atoms with Crippen LogP contribution < -0.4 is 0 Å². The Bertz CT molecular complexity index is 1550. The third kappa shape index (κ3) is 6.08. The first-order valence-corrected chi connectivity index (χ1v) is 13.8. The number of aromatic amines is 1. The number of aryl methyl sites for hydroxylation is 1. The highest BCUT2D eigenvalue weighted by molar-refractivity contribution is 7.10. The van der Waals surface area contributed by atoms with Gasteiger partial charge in [-0.25, -0.2) is 14.9 Å². The van der Waals surface area contributed by atoms with Gasteiger partial charge in [-0.05, 0) is 51.1 Å². The molecule has 0 atom stereocenters. The number of nitrogens with one attached hydrogen (secondary N) is 1. The molecular formula is C28H27ClN6O3S. The van der Waals surface area contributed by atoms with E-state index in [2.05, 4.69) is 67.4 Å². The largest absolute Gasteiger partial charge is 0.478 e. The summed E-state index contributed by atoms with van der Waals surface area (Å²) in [6.45, 7) is 3.05. The summed E-state index contributed by atoms with van der Waals surface area (Å²) in [5.74, 6) is 0.508. The minimum Gasteiger partial charge on any atom is -0.478 e. The molecule has 5 rings (SSSR count). The van der Waals surface area contributed by atoms with Crippen molar-refractivity contribution in [2.45, 2.75) is 45.9 Å². The predicted octanol–water partition coefficient (Wildman–Crippen LogP) is 6.25. The molecule has 2 N–H and O–H groups in total. The predicted molar refractivity (Wildman–Crippen MR) is 150 cm³/mol. The van der Waals surface area contributed by atoms with Crippen LogP contribution in [-0.4, -0.2) is 41.3 Å². The fraction of sp³-hybridized carbons (Fsp3) is 0.250. The first kappa shape index (κ1) is 26.7. The number of aromatic carboxylic acids is 1. The van der Waals surface area contributed by atoms with Crippen molar-refractivity contribution in [3.05, 3.63) is 92.7 Å². The lowest BCUT2D eigenvalue weighted by molar-refractivity contribution is 0.0685. The molecule has 5 aromatic rings. The number of carboxylic acid groups (broad SMARTS) is 1. The standard InChI is InChI=1S/C28H27ClN6O3S/c1-2-3-9-25-30-26(29)23(16-38-17-24-21(28(36)37)12-13-39-24)35(25)15-18-10-11-20(19-7-5-4-6-8-19)22(14-18)27-31-33-34-32-27/h4-8,10-14H,2-3,9,15-17H2,1H3,(H,36,37)(H,31,32,33,34). The van der Waals surface area contributed by atoms with E-state index in [0.29, 0.717) is 22.4 Å². The van der Waals surface area contributed by atoms with Crippen LogP contribution >= 0.6 is 22.9 Å². The van der Waals surface area contributed by atoms with Crippen LogP contribution in [0, 0.1) is 0 Å². The Hall–Kier alpha value is -3.86. The number of halogens is 1. The molecule has 0 saturated heterocycles. The fourth-order valence-electron chi connectivity index (χ4n) is 4.45. The number of tetrazole rings is 1. The molecule has 0 aliphatic rings. The van der Waals surface area contributed by atoms with Crippen molar-refractivity contribution in [2.75, 3.05) is 0 Å². The quantitative estimate of drug-likeness (QED) is 0.184. The maximum absolute atomic E-state index is 11.5. The zero-order valence-corrected chi connectivity index (χ0v) is 22.9. The fourth-order valence-corrected chi connectivity index (χ4v) is 5.51. The summed E-state index contributed by atoms with van der Waals surface area (Å²) in [6, 6.07) is 17.9. The van der Waals surface area contributed by atoms with Crippen molar-refractivity contribution in [2.24, 2.45) is 0 Å². The maximum atomic E-state index is 11.5. The Morgan fingerprint density at radius 2 is 1.97 bits per heavy atom. The molecule has 11 heteroatoms. The number of nitrogens with zero attached hydrogens (tertiary/aromatic N) is 5. The minimum atomic E-state index is -0.962. The van der Waals surface area contributed by atoms with Crippen LogP contribution in [0.15, 0.2) is 60.0 Å². The summed E-state index contributed by atoms with van der Waals surface area (Å²) < 4.78 is 8.06. The van der Waals surface area contributed by atoms with E-state index in [9.17, 15) is 9.90 Å². The first-order valence-electron chi connectivity index (χ1n) is 12.6. The number of hydrogen-bond donors (Lipinski definition) is 2. The molecular weight excluding hydrogens is 536 g/mol. The Balaban J connectivity index is 1.45. The van der Waals surface area contributed by atoms with Crippen molar-refractivity contribution >= 4 is 28.9 Å². The van der Waals surface area contributed by atoms with Crippen LogP contribution in [0.1, 0.15) is 52.1 Å². The summed E-state index contributed by atoms with van der Waals surface area (Å²) in [4.78, 5) is 16.8. The zero-order chi connectivity index (χ0) is 27.2. The highest BCUT2D eigenvalue weighted by Gasteiger charge is 2.19. The average Bonchev–Trinajstić information content (AvgIpc) is 3.70. The number of imidazole rings is 1. The summed E-state index contributed by atoms with van der Waals surface area (Å²) >= 11 is 7.98. The number of unbranched alkanes of at least 4 members (excludes halogenated alkanes) is 1. The van der Waals surface area contributed by atoms with Gasteiger partial charge >= 0.3 is 5.97 Å². The van der Waals surface area contributed by atoms with Crippen molar-refractivity contribution in [1.29, 1.82) is 0 Å². The van der Waals surface area contributed by atoms with Crippen LogP contribution in [0.2, 0.25) is 5.15 Å². The lowest BCUT2D eigenvalue weighted by Crippen LogP contribution is -2.11. The second-order valence-electron chi connectivity index (χ2n) is 9.01. The molecule has 0 aliphatic heterocycles. The molecule has 3 heterocycles. The summed E-state index contributed by atoms with van der Waals surface area (Å²) in [5, 5.41) is 26.2. The van der Waals surface area contributed by atoms with E-state index in [1.165, 1.54) is 11.3 Å². The molecule has 3 aromatic heterocycles. The normalized spacial score (nSPS) is 11.2. The topological polar surface area (TPSA) is 119 Å². The number of carboxylic acids is 1. The molecule has 0 unspecified atom stereocenters. The number of H-pyrrole nitrogens is 1. The molecule has 0 amide bonds. The van der Waals surface area contributed by atoms with E-state index in [1.54, 1.807) is 11.4 Å². The highest BCUT2D eigenvalue weighted by Crippen LogP contribution is 2.32. The SMILES string of the molecule is CCCCc1nc(Cl)c(COCc2sccc2C(=O)O)n1Cc1ccc(-c2ccccc2)c(-c2nnn[nH]2)c1. The summed E-state index contributed by atoms with van der Waals surface area (Å²) in [6.07, 6.45) is 2.79. The Kier molecular flexibility index (Phi) is 8.45. The van der Waals surface area contributed by atoms with Gasteiger partial charge in [-0.2, -0.15) is 0 Å². The molecule has 0 bridgehead atoms. The number of carbonyl (C=O) groups is 1. The third-order valence-electron chi connectivity index (χ3n) is 6.41. The van der Waals surface area contributed by atoms with E-state index in [1.807, 2.05) is 18.2 Å². The molecule has 0 spiro atoms. The zero-order valence-electron chi connectivity index (χ0n) is 21.3. The first-order chi connectivity index (χ1) is 19.0. The van der Waals surface area contributed by atoms with Crippen molar-refractivity contribution in [3.8, 4) is 22.5 Å². The van der Waals surface area contributed by atoms with Gasteiger partial charge in [0.25, 0.3) is 0 Å². The summed E-state index contributed by atoms with van der Waals surface area (Å²) in [7, 11) is 0. The van der Waals surface area contributed by atoms with Crippen LogP contribution in [0.25, 0.3) is 22.5 Å². The second kappa shape index (κ2) is 12.3. The average molecular weight is 563 g/mol. The van der Waals surface area contributed by atoms with E-state index < -0.39 is 5.97 Å². The van der Waals surface area contributed by atoms with Gasteiger partial charge in [0, 0.05) is 23.4 Å². The Morgan fingerprint density at radius 1 is 1.13 bits per heavy atom. The van der Waals surface area contributed by atoms with Gasteiger partial charge in [0.1, 0.15) is 5.82 Å². The lowest BCUT2D eigenvalue weighted by Gasteiger charge is -2.15. The molecule has 2 aromatic carbocycles. The minimum absolute atomic E-state index is 0.180. The lowest BCUT2D eigenvalue weighted by atomic mass is 9.97. The van der Waals surface area contributed by atoms with E-state index in [0.717, 1.165) is 53.0 Å². The maximum Gasteiger partial charge on any atom is 0.336 e. The highest BCUT2D eigenvalue weighted by atomic mass is 35.5. The molecule has 0 fully saturated rings.